The molecule has 0 radical (unpaired) electrons. The number of carbonyl (C=O) groups is 1. The van der Waals surface area contributed by atoms with Crippen LogP contribution in [0.25, 0.3) is 17.0 Å². The average molecular weight is 471 g/mol. The van der Waals surface area contributed by atoms with Gasteiger partial charge in [-0.3, -0.25) is 9.78 Å². The standard InChI is InChI=1S/C24H27ClN4O2S/c1-2-4-22-24(30)28(16-17-6-8-19-20(26)10-11-27-21(19)15-17)12-14-29(22,31)13-3-5-18-7-9-23(25)32-18/h3,5-11,15,22H,2,4,12-14,16H2,1H3,(H2,26,27). The van der Waals surface area contributed by atoms with Crippen LogP contribution in [-0.2, 0) is 11.3 Å². The zero-order valence-corrected chi connectivity index (χ0v) is 19.6. The molecule has 2 aromatic heterocycles. The SMILES string of the molecule is CCCC1C(=O)N(Cc2ccc3c(N)ccnc3c2)CC[N+]1([O-])CC=Cc1ccc(Cl)s1. The fraction of sp³-hybridized carbons (Fsp3) is 0.333. The molecule has 32 heavy (non-hydrogen) atoms. The molecule has 3 aromatic rings. The van der Waals surface area contributed by atoms with E-state index in [-0.39, 0.29) is 12.5 Å². The van der Waals surface area contributed by atoms with Crippen molar-refractivity contribution in [3.63, 3.8) is 0 Å². The fourth-order valence-corrected chi connectivity index (χ4v) is 5.27. The Morgan fingerprint density at radius 2 is 2.19 bits per heavy atom. The second-order valence-electron chi connectivity index (χ2n) is 8.22. The number of quaternary nitrogens is 1. The van der Waals surface area contributed by atoms with Crippen molar-refractivity contribution in [3.05, 3.63) is 68.7 Å². The van der Waals surface area contributed by atoms with Crippen LogP contribution in [-0.4, -0.2) is 46.1 Å². The van der Waals surface area contributed by atoms with Crippen molar-refractivity contribution < 1.29 is 9.44 Å². The van der Waals surface area contributed by atoms with E-state index in [4.69, 9.17) is 17.3 Å². The minimum Gasteiger partial charge on any atom is -0.632 e. The highest BCUT2D eigenvalue weighted by atomic mass is 35.5. The molecule has 2 unspecified atom stereocenters. The molecule has 168 valence electrons. The van der Waals surface area contributed by atoms with Crippen LogP contribution in [0.3, 0.4) is 0 Å². The van der Waals surface area contributed by atoms with Crippen LogP contribution in [0.15, 0.2) is 48.7 Å². The Morgan fingerprint density at radius 1 is 1.34 bits per heavy atom. The number of halogens is 1. The van der Waals surface area contributed by atoms with E-state index in [1.807, 2.05) is 54.3 Å². The van der Waals surface area contributed by atoms with Crippen molar-refractivity contribution in [2.45, 2.75) is 32.4 Å². The zero-order valence-electron chi connectivity index (χ0n) is 18.0. The molecular weight excluding hydrogens is 444 g/mol. The lowest BCUT2D eigenvalue weighted by atomic mass is 10.0. The Hall–Kier alpha value is -2.45. The number of thiophene rings is 1. The minimum absolute atomic E-state index is 0.0682. The Labute approximate surface area is 197 Å². The first-order valence-corrected chi connectivity index (χ1v) is 12.0. The summed E-state index contributed by atoms with van der Waals surface area (Å²) in [6.07, 6.45) is 6.84. The summed E-state index contributed by atoms with van der Waals surface area (Å²) in [6, 6.07) is 10.9. The summed E-state index contributed by atoms with van der Waals surface area (Å²) < 4.78 is 0.212. The van der Waals surface area contributed by atoms with Gasteiger partial charge in [0, 0.05) is 35.1 Å². The van der Waals surface area contributed by atoms with E-state index in [1.165, 1.54) is 11.3 Å². The number of nitrogens with zero attached hydrogens (tertiary/aromatic N) is 3. The number of hydrogen-bond acceptors (Lipinski definition) is 5. The molecule has 6 nitrogen and oxygen atoms in total. The normalized spacial score (nSPS) is 21.7. The highest BCUT2D eigenvalue weighted by Gasteiger charge is 2.41. The van der Waals surface area contributed by atoms with Crippen LogP contribution in [0.1, 0.15) is 30.2 Å². The maximum atomic E-state index is 13.7. The maximum absolute atomic E-state index is 13.7. The third kappa shape index (κ3) is 4.81. The smallest absolute Gasteiger partial charge is 0.281 e. The van der Waals surface area contributed by atoms with Crippen molar-refractivity contribution in [2.24, 2.45) is 0 Å². The summed E-state index contributed by atoms with van der Waals surface area (Å²) in [5, 5.41) is 14.6. The molecule has 1 saturated heterocycles. The van der Waals surface area contributed by atoms with Crippen molar-refractivity contribution in [3.8, 4) is 0 Å². The first kappa shape index (κ1) is 22.7. The number of rotatable bonds is 7. The van der Waals surface area contributed by atoms with Crippen molar-refractivity contribution in [1.29, 1.82) is 0 Å². The fourth-order valence-electron chi connectivity index (χ4n) is 4.28. The van der Waals surface area contributed by atoms with Gasteiger partial charge in [0.15, 0.2) is 6.04 Å². The highest BCUT2D eigenvalue weighted by Crippen LogP contribution is 2.27. The molecule has 0 bridgehead atoms. The molecule has 8 heteroatoms. The molecule has 4 rings (SSSR count). The van der Waals surface area contributed by atoms with Gasteiger partial charge in [-0.05, 0) is 48.4 Å². The molecule has 2 N–H and O–H groups in total. The molecular formula is C24H27ClN4O2S. The van der Waals surface area contributed by atoms with Gasteiger partial charge < -0.3 is 20.5 Å². The number of piperazine rings is 1. The zero-order chi connectivity index (χ0) is 22.7. The molecule has 0 aliphatic carbocycles. The number of benzene rings is 1. The van der Waals surface area contributed by atoms with Gasteiger partial charge in [-0.25, -0.2) is 0 Å². The number of aromatic nitrogens is 1. The maximum Gasteiger partial charge on any atom is 0.281 e. The van der Waals surface area contributed by atoms with E-state index in [2.05, 4.69) is 4.98 Å². The summed E-state index contributed by atoms with van der Waals surface area (Å²) in [5.74, 6) is -0.0682. The number of hydrogen-bond donors (Lipinski definition) is 1. The summed E-state index contributed by atoms with van der Waals surface area (Å²) in [4.78, 5) is 20.5. The van der Waals surface area contributed by atoms with Crippen molar-refractivity contribution in [1.82, 2.24) is 9.88 Å². The van der Waals surface area contributed by atoms with Crippen molar-refractivity contribution in [2.75, 3.05) is 25.4 Å². The van der Waals surface area contributed by atoms with Gasteiger partial charge >= 0.3 is 0 Å². The summed E-state index contributed by atoms with van der Waals surface area (Å²) in [7, 11) is 0. The summed E-state index contributed by atoms with van der Waals surface area (Å²) in [5.41, 5.74) is 8.50. The molecule has 1 aliphatic heterocycles. The Kier molecular flexibility index (Phi) is 6.81. The Balaban J connectivity index is 1.48. The highest BCUT2D eigenvalue weighted by molar-refractivity contribution is 7.16. The number of hydroxylamine groups is 3. The monoisotopic (exact) mass is 470 g/mol. The predicted molar refractivity (Wildman–Crippen MR) is 132 cm³/mol. The third-order valence-electron chi connectivity index (χ3n) is 5.98. The van der Waals surface area contributed by atoms with Crippen LogP contribution in [0.2, 0.25) is 4.34 Å². The van der Waals surface area contributed by atoms with Gasteiger partial charge in [0.05, 0.1) is 29.5 Å². The topological polar surface area (TPSA) is 82.3 Å². The molecule has 1 aliphatic rings. The van der Waals surface area contributed by atoms with Gasteiger partial charge in [-0.2, -0.15) is 0 Å². The van der Waals surface area contributed by atoms with Crippen LogP contribution in [0.4, 0.5) is 5.69 Å². The van der Waals surface area contributed by atoms with E-state index in [0.717, 1.165) is 32.1 Å². The average Bonchev–Trinajstić information content (AvgIpc) is 3.18. The van der Waals surface area contributed by atoms with E-state index < -0.39 is 10.7 Å². The quantitative estimate of drug-likeness (QED) is 0.386. The van der Waals surface area contributed by atoms with E-state index in [1.54, 1.807) is 12.3 Å². The number of amides is 1. The van der Waals surface area contributed by atoms with Crippen LogP contribution in [0.5, 0.6) is 0 Å². The molecule has 0 spiro atoms. The lowest BCUT2D eigenvalue weighted by Crippen LogP contribution is -2.65. The lowest BCUT2D eigenvalue weighted by Gasteiger charge is -2.52. The Bertz CT molecular complexity index is 1150. The number of anilines is 1. The first-order valence-electron chi connectivity index (χ1n) is 10.8. The van der Waals surface area contributed by atoms with Crippen molar-refractivity contribution >= 4 is 51.5 Å². The minimum atomic E-state index is -0.584. The first-order chi connectivity index (χ1) is 15.4. The van der Waals surface area contributed by atoms with Gasteiger partial charge in [-0.1, -0.05) is 30.7 Å². The molecule has 3 heterocycles. The van der Waals surface area contributed by atoms with Gasteiger partial charge in [0.1, 0.15) is 0 Å². The molecule has 1 aromatic carbocycles. The molecule has 2 atom stereocenters. The number of fused-ring (bicyclic) bond motifs is 1. The molecule has 1 fully saturated rings. The van der Waals surface area contributed by atoms with Gasteiger partial charge in [-0.15, -0.1) is 11.3 Å². The van der Waals surface area contributed by atoms with Gasteiger partial charge in [0.25, 0.3) is 5.91 Å². The number of pyridine rings is 1. The van der Waals surface area contributed by atoms with E-state index >= 15 is 0 Å². The van der Waals surface area contributed by atoms with Crippen LogP contribution >= 0.6 is 22.9 Å². The Morgan fingerprint density at radius 3 is 2.94 bits per heavy atom. The molecule has 1 amide bonds. The number of nitrogens with two attached hydrogens (primary N) is 1. The van der Waals surface area contributed by atoms with E-state index in [0.29, 0.717) is 31.7 Å². The lowest BCUT2D eigenvalue weighted by molar-refractivity contribution is -0.894. The van der Waals surface area contributed by atoms with Crippen LogP contribution in [0, 0.1) is 5.21 Å². The third-order valence-corrected chi connectivity index (χ3v) is 7.18. The van der Waals surface area contributed by atoms with Gasteiger partial charge in [0.2, 0.25) is 0 Å². The largest absolute Gasteiger partial charge is 0.632 e. The second-order valence-corrected chi connectivity index (χ2v) is 9.97. The van der Waals surface area contributed by atoms with Crippen LogP contribution < -0.4 is 5.73 Å². The van der Waals surface area contributed by atoms with E-state index in [9.17, 15) is 10.0 Å². The number of carbonyl (C=O) groups excluding carboxylic acids is 1. The predicted octanol–water partition coefficient (Wildman–Crippen LogP) is 5.07. The summed E-state index contributed by atoms with van der Waals surface area (Å²) in [6.45, 7) is 3.57. The molecule has 0 saturated carbocycles. The second kappa shape index (κ2) is 9.58. The number of nitrogen functional groups attached to an aromatic ring is 1. The summed E-state index contributed by atoms with van der Waals surface area (Å²) >= 11 is 7.45.